The van der Waals surface area contributed by atoms with Crippen LogP contribution in [0.2, 0.25) is 0 Å². The molecule has 0 fully saturated rings. The second-order valence-corrected chi connectivity index (χ2v) is 11.4. The van der Waals surface area contributed by atoms with Crippen LogP contribution in [-0.2, 0) is 14.3 Å². The van der Waals surface area contributed by atoms with E-state index >= 15 is 0 Å². The number of hydrogen-bond donors (Lipinski definition) is 5. The van der Waals surface area contributed by atoms with Crippen LogP contribution in [0.3, 0.4) is 0 Å². The molecular weight excluding hydrogens is 548 g/mol. The Bertz CT molecular complexity index is 917. The molecule has 10 nitrogen and oxygen atoms in total. The van der Waals surface area contributed by atoms with E-state index in [9.17, 15) is 19.5 Å². The monoisotopic (exact) mass is 600 g/mol. The van der Waals surface area contributed by atoms with Gasteiger partial charge in [-0.25, -0.2) is 0 Å². The Labute approximate surface area is 252 Å². The highest BCUT2D eigenvalue weighted by molar-refractivity contribution is 5.96. The summed E-state index contributed by atoms with van der Waals surface area (Å²) >= 11 is 0. The molecular formula is C30H53ClN4O6. The maximum absolute atomic E-state index is 13.0. The summed E-state index contributed by atoms with van der Waals surface area (Å²) in [5.74, 6) is -1.18. The lowest BCUT2D eigenvalue weighted by Crippen LogP contribution is -2.45. The maximum Gasteiger partial charge on any atom is 0.255 e. The van der Waals surface area contributed by atoms with Crippen molar-refractivity contribution < 1.29 is 29.0 Å². The van der Waals surface area contributed by atoms with E-state index in [1.807, 2.05) is 19.9 Å². The minimum atomic E-state index is -0.907. The first-order chi connectivity index (χ1) is 18.9. The van der Waals surface area contributed by atoms with Crippen molar-refractivity contribution in [2.45, 2.75) is 72.4 Å². The van der Waals surface area contributed by atoms with Gasteiger partial charge in [-0.15, -0.1) is 12.4 Å². The smallest absolute Gasteiger partial charge is 0.255 e. The van der Waals surface area contributed by atoms with E-state index in [2.05, 4.69) is 24.5 Å². The molecule has 7 N–H and O–H groups in total. The topological polar surface area (TPSA) is 166 Å². The van der Waals surface area contributed by atoms with Gasteiger partial charge in [-0.05, 0) is 55.6 Å². The van der Waals surface area contributed by atoms with E-state index < -0.39 is 29.9 Å². The summed E-state index contributed by atoms with van der Waals surface area (Å²) in [5.41, 5.74) is 12.2. The van der Waals surface area contributed by atoms with Crippen molar-refractivity contribution >= 4 is 30.1 Å². The molecule has 1 aromatic rings. The lowest BCUT2D eigenvalue weighted by atomic mass is 9.83. The molecule has 0 spiro atoms. The Morgan fingerprint density at radius 3 is 2.15 bits per heavy atom. The molecule has 236 valence electrons. The maximum atomic E-state index is 13.0. The first-order valence-electron chi connectivity index (χ1n) is 14.4. The SMILES string of the molecule is COCCCCOc1ccccc1C(=O)NC[C@H](C[C@H](N)C(O)CC(C(=O)NCC(C)C(N)=O)C(C)C)C(C)C.Cl. The molecule has 0 heterocycles. The molecule has 0 aliphatic carbocycles. The van der Waals surface area contributed by atoms with Crippen molar-refractivity contribution in [1.29, 1.82) is 0 Å². The van der Waals surface area contributed by atoms with Crippen LogP contribution >= 0.6 is 12.4 Å². The minimum absolute atomic E-state index is 0. The number of aliphatic hydroxyl groups excluding tert-OH is 1. The van der Waals surface area contributed by atoms with Gasteiger partial charge >= 0.3 is 0 Å². The third-order valence-corrected chi connectivity index (χ3v) is 7.37. The Morgan fingerprint density at radius 1 is 0.927 bits per heavy atom. The normalized spacial score (nSPS) is 14.9. The van der Waals surface area contributed by atoms with Crippen LogP contribution in [-0.4, -0.2) is 68.4 Å². The number of benzene rings is 1. The van der Waals surface area contributed by atoms with Gasteiger partial charge in [0.15, 0.2) is 0 Å². The fraction of sp³-hybridized carbons (Fsp3) is 0.700. The average molecular weight is 601 g/mol. The number of carbonyl (C=O) groups is 3. The Balaban J connectivity index is 0.0000160. The van der Waals surface area contributed by atoms with E-state index in [0.717, 1.165) is 12.8 Å². The highest BCUT2D eigenvalue weighted by atomic mass is 35.5. The van der Waals surface area contributed by atoms with Gasteiger partial charge < -0.3 is 36.7 Å². The number of nitrogens with one attached hydrogen (secondary N) is 2. The van der Waals surface area contributed by atoms with E-state index in [4.69, 9.17) is 20.9 Å². The summed E-state index contributed by atoms with van der Waals surface area (Å²) in [6.07, 6.45) is 1.47. The minimum Gasteiger partial charge on any atom is -0.493 e. The second kappa shape index (κ2) is 20.5. The number of rotatable bonds is 20. The molecule has 0 saturated heterocycles. The van der Waals surface area contributed by atoms with Gasteiger partial charge in [0.1, 0.15) is 5.75 Å². The standard InChI is InChI=1S/C30H52N4O6.ClH/c1-19(2)22(18-34-29(37)23-11-7-8-12-27(23)40-14-10-9-13-39-6)15-25(31)26(35)16-24(20(3)4)30(38)33-17-21(5)28(32)36;/h7-8,11-12,19-22,24-26,35H,9-10,13-18,31H2,1-6H3,(H2,32,36)(H,33,38)(H,34,37);1H/t21?,22-,24?,25-,26?;/m0./s1. The first-order valence-corrected chi connectivity index (χ1v) is 14.4. The van der Waals surface area contributed by atoms with Crippen molar-refractivity contribution in [3.05, 3.63) is 29.8 Å². The summed E-state index contributed by atoms with van der Waals surface area (Å²) in [7, 11) is 1.66. The van der Waals surface area contributed by atoms with E-state index in [1.54, 1.807) is 32.2 Å². The molecule has 3 amide bonds. The number of unbranched alkanes of at least 4 members (excludes halogenated alkanes) is 1. The molecule has 3 unspecified atom stereocenters. The second-order valence-electron chi connectivity index (χ2n) is 11.4. The Hall–Kier alpha value is -2.40. The lowest BCUT2D eigenvalue weighted by Gasteiger charge is -2.30. The number of ether oxygens (including phenoxy) is 2. The molecule has 5 atom stereocenters. The molecule has 0 saturated carbocycles. The summed E-state index contributed by atoms with van der Waals surface area (Å²) in [6, 6.07) is 6.58. The number of carbonyl (C=O) groups excluding carboxylic acids is 3. The molecule has 41 heavy (non-hydrogen) atoms. The number of hydrogen-bond acceptors (Lipinski definition) is 7. The Morgan fingerprint density at radius 2 is 1.56 bits per heavy atom. The number of halogens is 1. The van der Waals surface area contributed by atoms with Crippen molar-refractivity contribution in [3.8, 4) is 5.75 Å². The van der Waals surface area contributed by atoms with E-state index in [1.165, 1.54) is 0 Å². The first kappa shape index (κ1) is 38.6. The van der Waals surface area contributed by atoms with Crippen molar-refractivity contribution in [3.63, 3.8) is 0 Å². The largest absolute Gasteiger partial charge is 0.493 e. The van der Waals surface area contributed by atoms with Crippen LogP contribution in [0.25, 0.3) is 0 Å². The molecule has 0 radical (unpaired) electrons. The van der Waals surface area contributed by atoms with E-state index in [-0.39, 0.29) is 54.9 Å². The fourth-order valence-corrected chi connectivity index (χ4v) is 4.33. The molecule has 0 aliphatic rings. The van der Waals surface area contributed by atoms with Gasteiger partial charge in [0.25, 0.3) is 5.91 Å². The van der Waals surface area contributed by atoms with Gasteiger partial charge in [-0.1, -0.05) is 46.8 Å². The van der Waals surface area contributed by atoms with Crippen molar-refractivity contribution in [2.75, 3.05) is 33.4 Å². The highest BCUT2D eigenvalue weighted by Crippen LogP contribution is 2.24. The lowest BCUT2D eigenvalue weighted by molar-refractivity contribution is -0.128. The van der Waals surface area contributed by atoms with Gasteiger partial charge in [-0.3, -0.25) is 14.4 Å². The number of aliphatic hydroxyl groups is 1. The van der Waals surface area contributed by atoms with Gasteiger partial charge in [0, 0.05) is 38.8 Å². The fourth-order valence-electron chi connectivity index (χ4n) is 4.33. The molecule has 0 aliphatic heterocycles. The summed E-state index contributed by atoms with van der Waals surface area (Å²) in [4.78, 5) is 37.1. The summed E-state index contributed by atoms with van der Waals surface area (Å²) in [6.45, 7) is 11.3. The molecule has 1 aromatic carbocycles. The summed E-state index contributed by atoms with van der Waals surface area (Å²) in [5, 5.41) is 16.7. The zero-order chi connectivity index (χ0) is 30.2. The van der Waals surface area contributed by atoms with Gasteiger partial charge in [0.2, 0.25) is 11.8 Å². The number of primary amides is 1. The quantitative estimate of drug-likeness (QED) is 0.143. The van der Waals surface area contributed by atoms with Crippen molar-refractivity contribution in [2.24, 2.45) is 41.1 Å². The zero-order valence-corrected chi connectivity index (χ0v) is 26.4. The zero-order valence-electron chi connectivity index (χ0n) is 25.6. The van der Waals surface area contributed by atoms with Crippen molar-refractivity contribution in [1.82, 2.24) is 10.6 Å². The number of amides is 3. The van der Waals surface area contributed by atoms with Crippen LogP contribution in [0, 0.1) is 29.6 Å². The van der Waals surface area contributed by atoms with E-state index in [0.29, 0.717) is 37.5 Å². The number of methoxy groups -OCH3 is 1. The van der Waals surface area contributed by atoms with Crippen LogP contribution in [0.1, 0.15) is 70.7 Å². The predicted molar refractivity (Wildman–Crippen MR) is 164 cm³/mol. The van der Waals surface area contributed by atoms with Gasteiger partial charge in [-0.2, -0.15) is 0 Å². The predicted octanol–water partition coefficient (Wildman–Crippen LogP) is 2.89. The summed E-state index contributed by atoms with van der Waals surface area (Å²) < 4.78 is 10.9. The molecule has 0 bridgehead atoms. The van der Waals surface area contributed by atoms with Gasteiger partial charge in [0.05, 0.1) is 24.2 Å². The van der Waals surface area contributed by atoms with Crippen LogP contribution in [0.5, 0.6) is 5.75 Å². The molecule has 11 heteroatoms. The number of nitrogens with two attached hydrogens (primary N) is 2. The Kier molecular flexibility index (Phi) is 19.3. The van der Waals surface area contributed by atoms with Crippen LogP contribution < -0.4 is 26.8 Å². The molecule has 1 rings (SSSR count). The van der Waals surface area contributed by atoms with Crippen LogP contribution in [0.4, 0.5) is 0 Å². The van der Waals surface area contributed by atoms with Crippen LogP contribution in [0.15, 0.2) is 24.3 Å². The molecule has 0 aromatic heterocycles. The average Bonchev–Trinajstić information content (AvgIpc) is 2.91. The third kappa shape index (κ3) is 14.4. The highest BCUT2D eigenvalue weighted by Gasteiger charge is 2.30. The number of para-hydroxylation sites is 1. The third-order valence-electron chi connectivity index (χ3n) is 7.37.